The second-order valence-electron chi connectivity index (χ2n) is 2.75. The average molecular weight is 237 g/mol. The van der Waals surface area contributed by atoms with Crippen molar-refractivity contribution in [1.29, 1.82) is 5.26 Å². The summed E-state index contributed by atoms with van der Waals surface area (Å²) in [5.41, 5.74) is -0.00801. The summed E-state index contributed by atoms with van der Waals surface area (Å²) >= 11 is 1.35. The van der Waals surface area contributed by atoms with Gasteiger partial charge in [0.15, 0.2) is 5.06 Å². The smallest absolute Gasteiger partial charge is 0.348 e. The Balaban J connectivity index is 2.88. The number of rotatable bonds is 4. The molecule has 1 aromatic rings. The molecule has 0 amide bonds. The SMILES string of the molecule is CCOC(=O)C(C#N)=Cc1ccc(OC)s1. The van der Waals surface area contributed by atoms with Crippen molar-refractivity contribution < 1.29 is 14.3 Å². The highest BCUT2D eigenvalue weighted by atomic mass is 32.1. The lowest BCUT2D eigenvalue weighted by Gasteiger charge is -1.98. The van der Waals surface area contributed by atoms with E-state index < -0.39 is 5.97 Å². The van der Waals surface area contributed by atoms with Gasteiger partial charge in [-0.15, -0.1) is 0 Å². The number of ether oxygens (including phenoxy) is 2. The van der Waals surface area contributed by atoms with Crippen molar-refractivity contribution in [3.63, 3.8) is 0 Å². The molecular weight excluding hydrogens is 226 g/mol. The zero-order valence-corrected chi connectivity index (χ0v) is 9.84. The molecule has 1 heterocycles. The first-order valence-electron chi connectivity index (χ1n) is 4.64. The van der Waals surface area contributed by atoms with Crippen LogP contribution in [0, 0.1) is 11.3 Å². The van der Waals surface area contributed by atoms with Gasteiger partial charge in [0, 0.05) is 4.88 Å². The minimum Gasteiger partial charge on any atom is -0.487 e. The molecule has 0 bridgehead atoms. The number of nitrogens with zero attached hydrogens (tertiary/aromatic N) is 1. The third kappa shape index (κ3) is 3.11. The molecule has 0 atom stereocenters. The van der Waals surface area contributed by atoms with Crippen LogP contribution in [0.1, 0.15) is 11.8 Å². The summed E-state index contributed by atoms with van der Waals surface area (Å²) < 4.78 is 9.75. The van der Waals surface area contributed by atoms with E-state index in [1.54, 1.807) is 26.2 Å². The lowest BCUT2D eigenvalue weighted by Crippen LogP contribution is -2.05. The number of esters is 1. The zero-order chi connectivity index (χ0) is 12.0. The maximum absolute atomic E-state index is 11.3. The first kappa shape index (κ1) is 12.3. The maximum Gasteiger partial charge on any atom is 0.348 e. The lowest BCUT2D eigenvalue weighted by molar-refractivity contribution is -0.137. The van der Waals surface area contributed by atoms with E-state index in [2.05, 4.69) is 0 Å². The molecule has 0 aromatic carbocycles. The summed E-state index contributed by atoms with van der Waals surface area (Å²) in [5.74, 6) is -0.600. The first-order chi connectivity index (χ1) is 7.71. The van der Waals surface area contributed by atoms with Gasteiger partial charge in [-0.25, -0.2) is 4.79 Å². The fraction of sp³-hybridized carbons (Fsp3) is 0.273. The molecule has 0 aliphatic rings. The van der Waals surface area contributed by atoms with E-state index in [1.165, 1.54) is 17.4 Å². The molecule has 0 N–H and O–H groups in total. The second-order valence-corrected chi connectivity index (χ2v) is 3.83. The molecule has 0 aliphatic carbocycles. The summed E-state index contributed by atoms with van der Waals surface area (Å²) in [6.45, 7) is 1.95. The number of carbonyl (C=O) groups excluding carboxylic acids is 1. The van der Waals surface area contributed by atoms with Crippen LogP contribution in [0.5, 0.6) is 5.06 Å². The van der Waals surface area contributed by atoms with Crippen LogP contribution in [0.2, 0.25) is 0 Å². The van der Waals surface area contributed by atoms with Crippen molar-refractivity contribution in [1.82, 2.24) is 0 Å². The van der Waals surface area contributed by atoms with Gasteiger partial charge in [0.2, 0.25) is 0 Å². The topological polar surface area (TPSA) is 59.3 Å². The van der Waals surface area contributed by atoms with Gasteiger partial charge in [-0.05, 0) is 25.1 Å². The summed E-state index contributed by atoms with van der Waals surface area (Å²) in [7, 11) is 1.57. The highest BCUT2D eigenvalue weighted by molar-refractivity contribution is 7.14. The highest BCUT2D eigenvalue weighted by Gasteiger charge is 2.10. The second kappa shape index (κ2) is 5.93. The van der Waals surface area contributed by atoms with Crippen LogP contribution in [0.15, 0.2) is 17.7 Å². The van der Waals surface area contributed by atoms with Crippen LogP contribution in [0.25, 0.3) is 6.08 Å². The Kier molecular flexibility index (Phi) is 4.55. The van der Waals surface area contributed by atoms with Gasteiger partial charge in [0.25, 0.3) is 0 Å². The quantitative estimate of drug-likeness (QED) is 0.457. The molecule has 0 saturated carbocycles. The minimum absolute atomic E-state index is 0.00801. The average Bonchev–Trinajstić information content (AvgIpc) is 2.73. The lowest BCUT2D eigenvalue weighted by atomic mass is 10.2. The van der Waals surface area contributed by atoms with Crippen molar-refractivity contribution in [2.75, 3.05) is 13.7 Å². The van der Waals surface area contributed by atoms with Gasteiger partial charge in [-0.3, -0.25) is 0 Å². The predicted octanol–water partition coefficient (Wildman–Crippen LogP) is 2.23. The van der Waals surface area contributed by atoms with Crippen LogP contribution in [0.4, 0.5) is 0 Å². The van der Waals surface area contributed by atoms with Crippen LogP contribution >= 0.6 is 11.3 Å². The third-order valence-corrected chi connectivity index (χ3v) is 2.70. The molecule has 0 fully saturated rings. The van der Waals surface area contributed by atoms with E-state index in [0.29, 0.717) is 0 Å². The van der Waals surface area contributed by atoms with E-state index in [1.807, 2.05) is 6.07 Å². The number of methoxy groups -OCH3 is 1. The van der Waals surface area contributed by atoms with Crippen molar-refractivity contribution in [2.45, 2.75) is 6.92 Å². The van der Waals surface area contributed by atoms with Crippen LogP contribution in [-0.2, 0) is 9.53 Å². The number of carbonyl (C=O) groups is 1. The number of hydrogen-bond donors (Lipinski definition) is 0. The summed E-state index contributed by atoms with van der Waals surface area (Å²) in [6.07, 6.45) is 1.49. The van der Waals surface area contributed by atoms with Crippen molar-refractivity contribution in [3.8, 4) is 11.1 Å². The van der Waals surface area contributed by atoms with Gasteiger partial charge in [0.1, 0.15) is 11.6 Å². The molecule has 1 aromatic heterocycles. The summed E-state index contributed by atoms with van der Waals surface area (Å²) in [5, 5.41) is 9.53. The van der Waals surface area contributed by atoms with Crippen LogP contribution < -0.4 is 4.74 Å². The fourth-order valence-electron chi connectivity index (χ4n) is 1.01. The Morgan fingerprint density at radius 1 is 1.62 bits per heavy atom. The van der Waals surface area contributed by atoms with E-state index in [-0.39, 0.29) is 12.2 Å². The third-order valence-electron chi connectivity index (χ3n) is 1.71. The molecule has 16 heavy (non-hydrogen) atoms. The maximum atomic E-state index is 11.3. The Hall–Kier alpha value is -1.80. The Morgan fingerprint density at radius 2 is 2.38 bits per heavy atom. The molecule has 4 nitrogen and oxygen atoms in total. The zero-order valence-electron chi connectivity index (χ0n) is 9.02. The van der Waals surface area contributed by atoms with Gasteiger partial charge in [0.05, 0.1) is 13.7 Å². The van der Waals surface area contributed by atoms with Crippen molar-refractivity contribution in [2.24, 2.45) is 0 Å². The number of hydrogen-bond acceptors (Lipinski definition) is 5. The number of nitriles is 1. The monoisotopic (exact) mass is 237 g/mol. The first-order valence-corrected chi connectivity index (χ1v) is 5.45. The molecule has 0 unspecified atom stereocenters. The molecule has 84 valence electrons. The largest absolute Gasteiger partial charge is 0.487 e. The molecule has 0 aliphatic heterocycles. The Morgan fingerprint density at radius 3 is 2.88 bits per heavy atom. The van der Waals surface area contributed by atoms with Gasteiger partial charge in [-0.1, -0.05) is 11.3 Å². The molecule has 1 rings (SSSR count). The van der Waals surface area contributed by atoms with Crippen molar-refractivity contribution in [3.05, 3.63) is 22.6 Å². The summed E-state index contributed by atoms with van der Waals surface area (Å²) in [6, 6.07) is 5.37. The van der Waals surface area contributed by atoms with Gasteiger partial charge in [-0.2, -0.15) is 5.26 Å². The standard InChI is InChI=1S/C11H11NO3S/c1-3-15-11(13)8(7-12)6-9-4-5-10(14-2)16-9/h4-6H,3H2,1-2H3. The fourth-order valence-corrected chi connectivity index (χ4v) is 1.77. The van der Waals surface area contributed by atoms with Crippen LogP contribution in [0.3, 0.4) is 0 Å². The predicted molar refractivity (Wildman–Crippen MR) is 61.1 cm³/mol. The summed E-state index contributed by atoms with van der Waals surface area (Å²) in [4.78, 5) is 12.1. The molecule has 0 spiro atoms. The van der Waals surface area contributed by atoms with E-state index in [4.69, 9.17) is 14.7 Å². The minimum atomic E-state index is -0.600. The van der Waals surface area contributed by atoms with Gasteiger partial charge >= 0.3 is 5.97 Å². The van der Waals surface area contributed by atoms with E-state index >= 15 is 0 Å². The van der Waals surface area contributed by atoms with E-state index in [9.17, 15) is 4.79 Å². The highest BCUT2D eigenvalue weighted by Crippen LogP contribution is 2.25. The van der Waals surface area contributed by atoms with Crippen LogP contribution in [-0.4, -0.2) is 19.7 Å². The number of thiophene rings is 1. The molecular formula is C11H11NO3S. The Labute approximate surface area is 97.7 Å². The Bertz CT molecular complexity index is 442. The molecule has 0 radical (unpaired) electrons. The normalized spacial score (nSPS) is 10.7. The van der Waals surface area contributed by atoms with Crippen molar-refractivity contribution >= 4 is 23.4 Å². The molecule has 5 heteroatoms. The van der Waals surface area contributed by atoms with Gasteiger partial charge < -0.3 is 9.47 Å². The van der Waals surface area contributed by atoms with E-state index in [0.717, 1.165) is 9.94 Å². The molecule has 0 saturated heterocycles.